The number of aryl methyl sites for hydroxylation is 1. The first-order chi connectivity index (χ1) is 8.49. The Balaban J connectivity index is 2.35. The zero-order chi connectivity index (χ0) is 13.5. The lowest BCUT2D eigenvalue weighted by Gasteiger charge is -2.20. The quantitative estimate of drug-likeness (QED) is 0.765. The SMILES string of the molecule is Cc1ccccc1CCN(C)CC(N)CC(=O)O. The fourth-order valence-electron chi connectivity index (χ4n) is 1.98. The van der Waals surface area contributed by atoms with E-state index in [4.69, 9.17) is 10.8 Å². The average molecular weight is 250 g/mol. The third-order valence-electron chi connectivity index (χ3n) is 3.01. The number of carboxylic acids is 1. The predicted octanol–water partition coefficient (Wildman–Crippen LogP) is 1.27. The molecule has 0 bridgehead atoms. The Morgan fingerprint density at radius 2 is 2.11 bits per heavy atom. The normalized spacial score (nSPS) is 12.7. The molecular weight excluding hydrogens is 228 g/mol. The molecule has 0 aromatic heterocycles. The van der Waals surface area contributed by atoms with Gasteiger partial charge in [0.2, 0.25) is 0 Å². The highest BCUT2D eigenvalue weighted by Gasteiger charge is 2.10. The van der Waals surface area contributed by atoms with Crippen molar-refractivity contribution < 1.29 is 9.90 Å². The summed E-state index contributed by atoms with van der Waals surface area (Å²) >= 11 is 0. The van der Waals surface area contributed by atoms with Crippen molar-refractivity contribution in [1.29, 1.82) is 0 Å². The number of hydrogen-bond acceptors (Lipinski definition) is 3. The number of nitrogens with two attached hydrogens (primary N) is 1. The van der Waals surface area contributed by atoms with Crippen molar-refractivity contribution in [3.63, 3.8) is 0 Å². The molecule has 0 aliphatic heterocycles. The number of benzene rings is 1. The van der Waals surface area contributed by atoms with E-state index < -0.39 is 5.97 Å². The van der Waals surface area contributed by atoms with Crippen LogP contribution in [0.4, 0.5) is 0 Å². The minimum absolute atomic E-state index is 0.0225. The second-order valence-electron chi connectivity index (χ2n) is 4.80. The van der Waals surface area contributed by atoms with E-state index in [2.05, 4.69) is 24.0 Å². The Bertz CT molecular complexity index is 393. The molecule has 3 N–H and O–H groups in total. The topological polar surface area (TPSA) is 66.6 Å². The van der Waals surface area contributed by atoms with Crippen LogP contribution >= 0.6 is 0 Å². The molecule has 0 aliphatic carbocycles. The summed E-state index contributed by atoms with van der Waals surface area (Å²) in [6.45, 7) is 3.60. The molecule has 1 rings (SSSR count). The predicted molar refractivity (Wildman–Crippen MR) is 72.6 cm³/mol. The van der Waals surface area contributed by atoms with Crippen LogP contribution in [0.5, 0.6) is 0 Å². The van der Waals surface area contributed by atoms with Gasteiger partial charge in [0, 0.05) is 19.1 Å². The van der Waals surface area contributed by atoms with Gasteiger partial charge in [0.1, 0.15) is 0 Å². The molecule has 4 nitrogen and oxygen atoms in total. The molecule has 0 heterocycles. The molecule has 0 radical (unpaired) electrons. The number of likely N-dealkylation sites (N-methyl/N-ethyl adjacent to an activating group) is 1. The van der Waals surface area contributed by atoms with Crippen molar-refractivity contribution in [1.82, 2.24) is 4.90 Å². The molecule has 4 heteroatoms. The van der Waals surface area contributed by atoms with Crippen molar-refractivity contribution >= 4 is 5.97 Å². The summed E-state index contributed by atoms with van der Waals surface area (Å²) in [6.07, 6.45) is 0.984. The fraction of sp³-hybridized carbons (Fsp3) is 0.500. The van der Waals surface area contributed by atoms with Gasteiger partial charge in [-0.1, -0.05) is 24.3 Å². The third-order valence-corrected chi connectivity index (χ3v) is 3.01. The largest absolute Gasteiger partial charge is 0.481 e. The van der Waals surface area contributed by atoms with Gasteiger partial charge in [-0.3, -0.25) is 4.79 Å². The van der Waals surface area contributed by atoms with Crippen molar-refractivity contribution in [3.8, 4) is 0 Å². The van der Waals surface area contributed by atoms with E-state index >= 15 is 0 Å². The van der Waals surface area contributed by atoms with E-state index in [0.717, 1.165) is 13.0 Å². The van der Waals surface area contributed by atoms with Crippen molar-refractivity contribution in [3.05, 3.63) is 35.4 Å². The number of rotatable bonds is 7. The van der Waals surface area contributed by atoms with Gasteiger partial charge in [-0.2, -0.15) is 0 Å². The fourth-order valence-corrected chi connectivity index (χ4v) is 1.98. The monoisotopic (exact) mass is 250 g/mol. The molecule has 0 saturated carbocycles. The maximum absolute atomic E-state index is 10.5. The molecule has 1 unspecified atom stereocenters. The van der Waals surface area contributed by atoms with Crippen LogP contribution in [0.15, 0.2) is 24.3 Å². The van der Waals surface area contributed by atoms with Crippen LogP contribution in [0.25, 0.3) is 0 Å². The zero-order valence-corrected chi connectivity index (χ0v) is 11.1. The van der Waals surface area contributed by atoms with Crippen LogP contribution in [-0.4, -0.2) is 42.2 Å². The minimum Gasteiger partial charge on any atom is -0.481 e. The van der Waals surface area contributed by atoms with Crippen LogP contribution in [0.3, 0.4) is 0 Å². The number of aliphatic carboxylic acids is 1. The maximum Gasteiger partial charge on any atom is 0.304 e. The highest BCUT2D eigenvalue weighted by atomic mass is 16.4. The summed E-state index contributed by atoms with van der Waals surface area (Å²) in [7, 11) is 1.97. The number of carbonyl (C=O) groups is 1. The number of nitrogens with zero attached hydrogens (tertiary/aromatic N) is 1. The second-order valence-corrected chi connectivity index (χ2v) is 4.80. The number of hydrogen-bond donors (Lipinski definition) is 2. The molecule has 0 saturated heterocycles. The molecule has 1 atom stereocenters. The van der Waals surface area contributed by atoms with Crippen LogP contribution in [0, 0.1) is 6.92 Å². The Kier molecular flexibility index (Phi) is 5.82. The van der Waals surface area contributed by atoms with Gasteiger partial charge >= 0.3 is 5.97 Å². The Morgan fingerprint density at radius 1 is 1.44 bits per heavy atom. The lowest BCUT2D eigenvalue weighted by atomic mass is 10.1. The first-order valence-corrected chi connectivity index (χ1v) is 6.19. The minimum atomic E-state index is -0.838. The summed E-state index contributed by atoms with van der Waals surface area (Å²) in [4.78, 5) is 12.6. The summed E-state index contributed by atoms with van der Waals surface area (Å²) in [5, 5.41) is 8.64. The molecule has 0 spiro atoms. The number of carboxylic acid groups (broad SMARTS) is 1. The van der Waals surface area contributed by atoms with Crippen LogP contribution in [-0.2, 0) is 11.2 Å². The van der Waals surface area contributed by atoms with E-state index in [9.17, 15) is 4.79 Å². The summed E-state index contributed by atoms with van der Waals surface area (Å²) in [5.74, 6) is -0.838. The standard InChI is InChI=1S/C14H22N2O2/c1-11-5-3-4-6-12(11)7-8-16(2)10-13(15)9-14(17)18/h3-6,13H,7-10,15H2,1-2H3,(H,17,18). The average Bonchev–Trinajstić information content (AvgIpc) is 2.26. The lowest BCUT2D eigenvalue weighted by Crippen LogP contribution is -2.37. The van der Waals surface area contributed by atoms with Gasteiger partial charge in [-0.15, -0.1) is 0 Å². The van der Waals surface area contributed by atoms with Gasteiger partial charge < -0.3 is 15.7 Å². The maximum atomic E-state index is 10.5. The van der Waals surface area contributed by atoms with Gasteiger partial charge in [0.15, 0.2) is 0 Å². The Hall–Kier alpha value is -1.39. The lowest BCUT2D eigenvalue weighted by molar-refractivity contribution is -0.137. The van der Waals surface area contributed by atoms with Crippen molar-refractivity contribution in [2.24, 2.45) is 5.73 Å². The van der Waals surface area contributed by atoms with E-state index in [1.165, 1.54) is 11.1 Å². The van der Waals surface area contributed by atoms with Crippen LogP contribution in [0.1, 0.15) is 17.5 Å². The molecule has 1 aromatic rings. The molecule has 0 amide bonds. The van der Waals surface area contributed by atoms with Crippen LogP contribution < -0.4 is 5.73 Å². The van der Waals surface area contributed by atoms with Crippen LogP contribution in [0.2, 0.25) is 0 Å². The van der Waals surface area contributed by atoms with E-state index in [-0.39, 0.29) is 12.5 Å². The van der Waals surface area contributed by atoms with Gasteiger partial charge in [-0.25, -0.2) is 0 Å². The summed E-state index contributed by atoms with van der Waals surface area (Å²) in [5.41, 5.74) is 8.37. The molecule has 0 aliphatic rings. The highest BCUT2D eigenvalue weighted by molar-refractivity contribution is 5.67. The molecule has 100 valence electrons. The van der Waals surface area contributed by atoms with E-state index in [1.54, 1.807) is 0 Å². The third kappa shape index (κ3) is 5.29. The Morgan fingerprint density at radius 3 is 2.72 bits per heavy atom. The molecule has 1 aromatic carbocycles. The van der Waals surface area contributed by atoms with Gasteiger partial charge in [0.05, 0.1) is 6.42 Å². The van der Waals surface area contributed by atoms with Crippen molar-refractivity contribution in [2.75, 3.05) is 20.1 Å². The van der Waals surface area contributed by atoms with Gasteiger partial charge in [-0.05, 0) is 31.5 Å². The van der Waals surface area contributed by atoms with E-state index in [1.807, 2.05) is 19.2 Å². The second kappa shape index (κ2) is 7.13. The molecule has 18 heavy (non-hydrogen) atoms. The van der Waals surface area contributed by atoms with Crippen molar-refractivity contribution in [2.45, 2.75) is 25.8 Å². The molecule has 0 fully saturated rings. The summed E-state index contributed by atoms with van der Waals surface area (Å²) in [6, 6.07) is 8.00. The van der Waals surface area contributed by atoms with E-state index in [0.29, 0.717) is 6.54 Å². The molecular formula is C14H22N2O2. The van der Waals surface area contributed by atoms with Gasteiger partial charge in [0.25, 0.3) is 0 Å². The first-order valence-electron chi connectivity index (χ1n) is 6.19. The smallest absolute Gasteiger partial charge is 0.304 e. The zero-order valence-electron chi connectivity index (χ0n) is 11.1. The highest BCUT2D eigenvalue weighted by Crippen LogP contribution is 2.08. The summed E-state index contributed by atoms with van der Waals surface area (Å²) < 4.78 is 0. The first kappa shape index (κ1) is 14.7. The Labute approximate surface area is 108 Å².